The maximum absolute atomic E-state index is 11.6. The van der Waals surface area contributed by atoms with Gasteiger partial charge in [-0.1, -0.05) is 0 Å². The highest BCUT2D eigenvalue weighted by Gasteiger charge is 2.40. The van der Waals surface area contributed by atoms with Crippen LogP contribution in [0.2, 0.25) is 0 Å². The molecule has 1 unspecified atom stereocenters. The van der Waals surface area contributed by atoms with Gasteiger partial charge < -0.3 is 5.11 Å². The van der Waals surface area contributed by atoms with E-state index in [9.17, 15) is 26.7 Å². The van der Waals surface area contributed by atoms with Crippen molar-refractivity contribution in [3.63, 3.8) is 0 Å². The Hall–Kier alpha value is -0.880. The molecule has 0 aliphatic carbocycles. The summed E-state index contributed by atoms with van der Waals surface area (Å²) in [6.45, 7) is 0. The van der Waals surface area contributed by atoms with E-state index in [2.05, 4.69) is 0 Å². The summed E-state index contributed by atoms with van der Waals surface area (Å²) in [4.78, 5) is 9.84. The minimum absolute atomic E-state index is 2.00. The summed E-state index contributed by atoms with van der Waals surface area (Å²) < 4.78 is 57.5. The molecule has 0 saturated heterocycles. The Kier molecular flexibility index (Phi) is 3.41. The van der Waals surface area contributed by atoms with Crippen LogP contribution in [0.1, 0.15) is 6.42 Å². The number of rotatable bonds is 3. The maximum Gasteiger partial charge on any atom is 0.390 e. The van der Waals surface area contributed by atoms with Crippen LogP contribution >= 0.6 is 0 Å². The van der Waals surface area contributed by atoms with Crippen LogP contribution in [-0.4, -0.2) is 23.7 Å². The van der Waals surface area contributed by atoms with Crippen molar-refractivity contribution in [3.05, 3.63) is 0 Å². The molecule has 0 aromatic rings. The number of hydrogen-bond donors (Lipinski definition) is 1. The minimum Gasteiger partial charge on any atom is -0.481 e. The first-order valence-corrected chi connectivity index (χ1v) is 2.81. The van der Waals surface area contributed by atoms with Gasteiger partial charge in [0.2, 0.25) is 0 Å². The second-order valence-electron chi connectivity index (χ2n) is 2.10. The Bertz CT molecular complexity index is 164. The summed E-state index contributed by atoms with van der Waals surface area (Å²) in [5.74, 6) is -4.80. The van der Waals surface area contributed by atoms with Crippen LogP contribution < -0.4 is 0 Å². The van der Waals surface area contributed by atoms with E-state index in [0.29, 0.717) is 0 Å². The van der Waals surface area contributed by atoms with Gasteiger partial charge in [-0.25, -0.2) is 8.78 Å². The van der Waals surface area contributed by atoms with Crippen LogP contribution in [0.4, 0.5) is 22.0 Å². The van der Waals surface area contributed by atoms with Crippen LogP contribution in [0, 0.1) is 5.92 Å². The first kappa shape index (κ1) is 11.1. The van der Waals surface area contributed by atoms with Crippen molar-refractivity contribution in [2.24, 2.45) is 5.92 Å². The molecule has 0 saturated carbocycles. The van der Waals surface area contributed by atoms with Crippen molar-refractivity contribution in [3.8, 4) is 0 Å². The largest absolute Gasteiger partial charge is 0.481 e. The third-order valence-corrected chi connectivity index (χ3v) is 1.07. The van der Waals surface area contributed by atoms with Gasteiger partial charge in [0, 0.05) is 0 Å². The molecule has 0 aromatic carbocycles. The number of carboxylic acids is 1. The van der Waals surface area contributed by atoms with Gasteiger partial charge in [0.25, 0.3) is 6.43 Å². The molecule has 0 bridgehead atoms. The molecule has 1 N–H and O–H groups in total. The van der Waals surface area contributed by atoms with E-state index in [1.807, 2.05) is 0 Å². The van der Waals surface area contributed by atoms with E-state index in [-0.39, 0.29) is 0 Å². The number of carbonyl (C=O) groups is 1. The number of hydrogen-bond acceptors (Lipinski definition) is 1. The number of carboxylic acid groups (broad SMARTS) is 1. The van der Waals surface area contributed by atoms with Gasteiger partial charge in [-0.05, 0) is 0 Å². The molecule has 0 spiro atoms. The summed E-state index contributed by atoms with van der Waals surface area (Å²) in [7, 11) is 0. The zero-order chi connectivity index (χ0) is 9.94. The molecule has 0 radical (unpaired) electrons. The monoisotopic (exact) mass is 192 g/mol. The fourth-order valence-corrected chi connectivity index (χ4v) is 0.534. The summed E-state index contributed by atoms with van der Waals surface area (Å²) in [5.41, 5.74) is 0. The van der Waals surface area contributed by atoms with E-state index in [1.54, 1.807) is 0 Å². The lowest BCUT2D eigenvalue weighted by Crippen LogP contribution is -2.27. The quantitative estimate of drug-likeness (QED) is 0.693. The Morgan fingerprint density at radius 1 is 1.33 bits per heavy atom. The van der Waals surface area contributed by atoms with Gasteiger partial charge in [-0.2, -0.15) is 13.2 Å². The minimum atomic E-state index is -4.88. The van der Waals surface area contributed by atoms with E-state index < -0.39 is 30.9 Å². The lowest BCUT2D eigenvalue weighted by molar-refractivity contribution is -0.174. The molecule has 0 amide bonds. The summed E-state index contributed by atoms with van der Waals surface area (Å²) >= 11 is 0. The van der Waals surface area contributed by atoms with Gasteiger partial charge in [-0.3, -0.25) is 4.79 Å². The summed E-state index contributed by atoms with van der Waals surface area (Å²) in [6.07, 6.45) is -10.4. The van der Waals surface area contributed by atoms with E-state index in [0.717, 1.165) is 0 Å². The lowest BCUT2D eigenvalue weighted by Gasteiger charge is -2.12. The predicted octanol–water partition coefficient (Wildman–Crippen LogP) is 1.90. The Labute approximate surface area is 64.0 Å². The molecule has 2 nitrogen and oxygen atoms in total. The van der Waals surface area contributed by atoms with E-state index in [1.165, 1.54) is 0 Å². The highest BCUT2D eigenvalue weighted by molar-refractivity contribution is 5.70. The average Bonchev–Trinajstić information content (AvgIpc) is 1.79. The lowest BCUT2D eigenvalue weighted by atomic mass is 10.1. The third kappa shape index (κ3) is 4.09. The average molecular weight is 192 g/mol. The predicted molar refractivity (Wildman–Crippen MR) is 27.8 cm³/mol. The van der Waals surface area contributed by atoms with Gasteiger partial charge in [0.1, 0.15) is 5.92 Å². The first-order chi connectivity index (χ1) is 5.24. The molecule has 0 fully saturated rings. The van der Waals surface area contributed by atoms with Crippen LogP contribution in [0.5, 0.6) is 0 Å². The second kappa shape index (κ2) is 3.68. The van der Waals surface area contributed by atoms with Crippen molar-refractivity contribution in [1.29, 1.82) is 0 Å². The van der Waals surface area contributed by atoms with Gasteiger partial charge in [-0.15, -0.1) is 0 Å². The van der Waals surface area contributed by atoms with Gasteiger partial charge >= 0.3 is 12.1 Å². The molecule has 1 atom stereocenters. The second-order valence-corrected chi connectivity index (χ2v) is 2.10. The molecule has 12 heavy (non-hydrogen) atoms. The normalized spacial score (nSPS) is 14.8. The Morgan fingerprint density at radius 3 is 1.83 bits per heavy atom. The Balaban J connectivity index is 4.25. The highest BCUT2D eigenvalue weighted by atomic mass is 19.4. The zero-order valence-electron chi connectivity index (χ0n) is 5.61. The third-order valence-electron chi connectivity index (χ3n) is 1.07. The fourth-order valence-electron chi connectivity index (χ4n) is 0.534. The summed E-state index contributed by atoms with van der Waals surface area (Å²) in [5, 5.41) is 7.93. The topological polar surface area (TPSA) is 37.3 Å². The van der Waals surface area contributed by atoms with Crippen LogP contribution in [0.15, 0.2) is 0 Å². The molecular weight excluding hydrogens is 187 g/mol. The van der Waals surface area contributed by atoms with Crippen molar-refractivity contribution >= 4 is 5.97 Å². The van der Waals surface area contributed by atoms with Crippen LogP contribution in [0.25, 0.3) is 0 Å². The first-order valence-electron chi connectivity index (χ1n) is 2.81. The summed E-state index contributed by atoms with van der Waals surface area (Å²) in [6, 6.07) is 0. The standard InChI is InChI=1S/C5H5F5O2/c6-3(7)2(4(11)12)1-5(8,9)10/h2-3H,1H2,(H,11,12). The van der Waals surface area contributed by atoms with Crippen LogP contribution in [0.3, 0.4) is 0 Å². The van der Waals surface area contributed by atoms with Crippen molar-refractivity contribution in [2.75, 3.05) is 0 Å². The maximum atomic E-state index is 11.6. The van der Waals surface area contributed by atoms with Gasteiger partial charge in [0.15, 0.2) is 0 Å². The molecule has 0 aliphatic heterocycles. The van der Waals surface area contributed by atoms with E-state index in [4.69, 9.17) is 5.11 Å². The van der Waals surface area contributed by atoms with Crippen molar-refractivity contribution in [2.45, 2.75) is 19.0 Å². The molecule has 72 valence electrons. The molecule has 7 heteroatoms. The SMILES string of the molecule is O=C(O)C(CC(F)(F)F)C(F)F. The zero-order valence-corrected chi connectivity index (χ0v) is 5.61. The Morgan fingerprint density at radius 2 is 1.75 bits per heavy atom. The fraction of sp³-hybridized carbons (Fsp3) is 0.800. The molecule has 0 heterocycles. The number of halogens is 5. The molecule has 0 aliphatic rings. The number of aliphatic carboxylic acids is 1. The van der Waals surface area contributed by atoms with E-state index >= 15 is 0 Å². The number of alkyl halides is 5. The van der Waals surface area contributed by atoms with Gasteiger partial charge in [0.05, 0.1) is 6.42 Å². The molecular formula is C5H5F5O2. The van der Waals surface area contributed by atoms with Crippen molar-refractivity contribution in [1.82, 2.24) is 0 Å². The molecule has 0 aromatic heterocycles. The highest BCUT2D eigenvalue weighted by Crippen LogP contribution is 2.28. The van der Waals surface area contributed by atoms with Crippen LogP contribution in [-0.2, 0) is 4.79 Å². The molecule has 0 rings (SSSR count). The smallest absolute Gasteiger partial charge is 0.390 e. The van der Waals surface area contributed by atoms with Crippen molar-refractivity contribution < 1.29 is 31.9 Å².